The minimum Gasteiger partial charge on any atom is -0.388 e. The Morgan fingerprint density at radius 2 is 2.06 bits per heavy atom. The highest BCUT2D eigenvalue weighted by Gasteiger charge is 2.12. The summed E-state index contributed by atoms with van der Waals surface area (Å²) in [5.41, 5.74) is 1.85. The Kier molecular flexibility index (Phi) is 4.50. The molecule has 1 heterocycles. The van der Waals surface area contributed by atoms with Gasteiger partial charge in [-0.2, -0.15) is 11.3 Å². The van der Waals surface area contributed by atoms with Crippen LogP contribution >= 0.6 is 11.3 Å². The van der Waals surface area contributed by atoms with Gasteiger partial charge in [-0.1, -0.05) is 30.3 Å². The molecule has 1 unspecified atom stereocenters. The van der Waals surface area contributed by atoms with Gasteiger partial charge in [-0.3, -0.25) is 4.79 Å². The lowest BCUT2D eigenvalue weighted by Crippen LogP contribution is -2.24. The Morgan fingerprint density at radius 3 is 2.72 bits per heavy atom. The van der Waals surface area contributed by atoms with Gasteiger partial charge in [0, 0.05) is 6.54 Å². The molecule has 3 nitrogen and oxygen atoms in total. The number of carbonyl (C=O) groups is 1. The molecular formula is C14H15NO2S. The number of carbonyl (C=O) groups excluding carboxylic acids is 1. The topological polar surface area (TPSA) is 49.3 Å². The fraction of sp³-hybridized carbons (Fsp3) is 0.214. The second kappa shape index (κ2) is 6.33. The predicted molar refractivity (Wildman–Crippen MR) is 72.2 cm³/mol. The van der Waals surface area contributed by atoms with Crippen molar-refractivity contribution < 1.29 is 9.90 Å². The molecule has 0 aliphatic rings. The lowest BCUT2D eigenvalue weighted by molar-refractivity contribution is -0.123. The molecule has 0 aliphatic carbocycles. The van der Waals surface area contributed by atoms with Crippen molar-refractivity contribution in [2.75, 3.05) is 0 Å². The standard InChI is InChI=1S/C14H15NO2S/c16-13(12-4-2-1-3-5-12)8-14(17)15-9-11-6-7-18-10-11/h1-7,10,13,16H,8-9H2,(H,15,17). The Labute approximate surface area is 110 Å². The predicted octanol–water partition coefficient (Wildman–Crippen LogP) is 2.49. The van der Waals surface area contributed by atoms with E-state index in [0.717, 1.165) is 11.1 Å². The van der Waals surface area contributed by atoms with Crippen LogP contribution in [0.1, 0.15) is 23.7 Å². The third kappa shape index (κ3) is 3.68. The van der Waals surface area contributed by atoms with Crippen LogP contribution in [-0.4, -0.2) is 11.0 Å². The van der Waals surface area contributed by atoms with Gasteiger partial charge in [0.05, 0.1) is 12.5 Å². The van der Waals surface area contributed by atoms with E-state index in [1.54, 1.807) is 11.3 Å². The van der Waals surface area contributed by atoms with Crippen LogP contribution in [0.15, 0.2) is 47.2 Å². The minimum atomic E-state index is -0.742. The maximum atomic E-state index is 11.7. The van der Waals surface area contributed by atoms with E-state index in [0.29, 0.717) is 6.54 Å². The number of amides is 1. The molecule has 0 aliphatic heterocycles. The van der Waals surface area contributed by atoms with Crippen molar-refractivity contribution in [3.05, 3.63) is 58.3 Å². The van der Waals surface area contributed by atoms with Gasteiger partial charge < -0.3 is 10.4 Å². The van der Waals surface area contributed by atoms with Crippen LogP contribution in [0.4, 0.5) is 0 Å². The fourth-order valence-corrected chi connectivity index (χ4v) is 2.30. The van der Waals surface area contributed by atoms with E-state index in [1.165, 1.54) is 0 Å². The third-order valence-corrected chi connectivity index (χ3v) is 3.36. The summed E-state index contributed by atoms with van der Waals surface area (Å²) in [6.07, 6.45) is -0.651. The molecule has 0 bridgehead atoms. The maximum Gasteiger partial charge on any atom is 0.223 e. The first-order valence-corrected chi connectivity index (χ1v) is 6.71. The van der Waals surface area contributed by atoms with Crippen molar-refractivity contribution in [1.82, 2.24) is 5.32 Å². The molecule has 0 fully saturated rings. The zero-order chi connectivity index (χ0) is 12.8. The fourth-order valence-electron chi connectivity index (χ4n) is 1.63. The van der Waals surface area contributed by atoms with Gasteiger partial charge in [0.15, 0.2) is 0 Å². The average Bonchev–Trinajstić information content (AvgIpc) is 2.90. The van der Waals surface area contributed by atoms with Crippen molar-refractivity contribution in [2.45, 2.75) is 19.1 Å². The van der Waals surface area contributed by atoms with E-state index in [-0.39, 0.29) is 12.3 Å². The molecule has 1 aromatic heterocycles. The molecule has 1 atom stereocenters. The SMILES string of the molecule is O=C(CC(O)c1ccccc1)NCc1ccsc1. The maximum absolute atomic E-state index is 11.7. The largest absolute Gasteiger partial charge is 0.388 e. The second-order valence-corrected chi connectivity index (χ2v) is 4.82. The molecule has 0 saturated carbocycles. The Morgan fingerprint density at radius 1 is 1.28 bits per heavy atom. The number of hydrogen-bond donors (Lipinski definition) is 2. The highest BCUT2D eigenvalue weighted by Crippen LogP contribution is 2.15. The lowest BCUT2D eigenvalue weighted by atomic mass is 10.1. The van der Waals surface area contributed by atoms with Gasteiger partial charge in [0.25, 0.3) is 0 Å². The quantitative estimate of drug-likeness (QED) is 0.868. The molecule has 1 aromatic carbocycles. The first kappa shape index (κ1) is 12.8. The van der Waals surface area contributed by atoms with Gasteiger partial charge >= 0.3 is 0 Å². The van der Waals surface area contributed by atoms with E-state index in [9.17, 15) is 9.90 Å². The van der Waals surface area contributed by atoms with Gasteiger partial charge in [-0.15, -0.1) is 0 Å². The molecule has 4 heteroatoms. The van der Waals surface area contributed by atoms with Crippen LogP contribution < -0.4 is 5.32 Å². The van der Waals surface area contributed by atoms with Crippen LogP contribution in [0.5, 0.6) is 0 Å². The number of hydrogen-bond acceptors (Lipinski definition) is 3. The summed E-state index contributed by atoms with van der Waals surface area (Å²) < 4.78 is 0. The van der Waals surface area contributed by atoms with Crippen LogP contribution in [0, 0.1) is 0 Å². The van der Waals surface area contributed by atoms with E-state index < -0.39 is 6.10 Å². The first-order valence-electron chi connectivity index (χ1n) is 5.76. The van der Waals surface area contributed by atoms with E-state index in [4.69, 9.17) is 0 Å². The van der Waals surface area contributed by atoms with E-state index in [2.05, 4.69) is 5.32 Å². The Hall–Kier alpha value is -1.65. The number of nitrogens with one attached hydrogen (secondary N) is 1. The normalized spacial score (nSPS) is 12.1. The second-order valence-electron chi connectivity index (χ2n) is 4.04. The van der Waals surface area contributed by atoms with Crippen molar-refractivity contribution >= 4 is 17.2 Å². The van der Waals surface area contributed by atoms with E-state index in [1.807, 2.05) is 47.2 Å². The van der Waals surface area contributed by atoms with Crippen LogP contribution in [-0.2, 0) is 11.3 Å². The van der Waals surface area contributed by atoms with Crippen LogP contribution in [0.25, 0.3) is 0 Å². The van der Waals surface area contributed by atoms with Gasteiger partial charge in [-0.25, -0.2) is 0 Å². The van der Waals surface area contributed by atoms with Crippen molar-refractivity contribution in [3.8, 4) is 0 Å². The molecule has 0 radical (unpaired) electrons. The highest BCUT2D eigenvalue weighted by atomic mass is 32.1. The summed E-state index contributed by atoms with van der Waals surface area (Å²) in [7, 11) is 0. The number of thiophene rings is 1. The molecule has 2 aromatic rings. The monoisotopic (exact) mass is 261 g/mol. The van der Waals surface area contributed by atoms with Crippen molar-refractivity contribution in [3.63, 3.8) is 0 Å². The van der Waals surface area contributed by atoms with Crippen LogP contribution in [0.3, 0.4) is 0 Å². The summed E-state index contributed by atoms with van der Waals surface area (Å²) in [6, 6.07) is 11.2. The first-order chi connectivity index (χ1) is 8.75. The summed E-state index contributed by atoms with van der Waals surface area (Å²) in [5, 5.41) is 16.6. The molecule has 0 spiro atoms. The zero-order valence-electron chi connectivity index (χ0n) is 9.87. The highest BCUT2D eigenvalue weighted by molar-refractivity contribution is 7.07. The number of rotatable bonds is 5. The lowest BCUT2D eigenvalue weighted by Gasteiger charge is -2.10. The number of aliphatic hydroxyl groups excluding tert-OH is 1. The number of benzene rings is 1. The molecular weight excluding hydrogens is 246 g/mol. The Balaban J connectivity index is 1.80. The van der Waals surface area contributed by atoms with Gasteiger partial charge in [0.2, 0.25) is 5.91 Å². The summed E-state index contributed by atoms with van der Waals surface area (Å²) in [5.74, 6) is -0.141. The molecule has 18 heavy (non-hydrogen) atoms. The number of aliphatic hydroxyl groups is 1. The average molecular weight is 261 g/mol. The minimum absolute atomic E-state index is 0.0914. The van der Waals surface area contributed by atoms with Crippen LogP contribution in [0.2, 0.25) is 0 Å². The smallest absolute Gasteiger partial charge is 0.223 e. The third-order valence-electron chi connectivity index (χ3n) is 2.63. The van der Waals surface area contributed by atoms with Gasteiger partial charge in [-0.05, 0) is 28.0 Å². The molecule has 94 valence electrons. The van der Waals surface area contributed by atoms with Crippen molar-refractivity contribution in [1.29, 1.82) is 0 Å². The van der Waals surface area contributed by atoms with Crippen molar-refractivity contribution in [2.24, 2.45) is 0 Å². The summed E-state index contributed by atoms with van der Waals surface area (Å²) in [4.78, 5) is 11.7. The Bertz CT molecular complexity index is 482. The zero-order valence-corrected chi connectivity index (χ0v) is 10.7. The molecule has 0 saturated heterocycles. The summed E-state index contributed by atoms with van der Waals surface area (Å²) >= 11 is 1.60. The molecule has 2 N–H and O–H groups in total. The van der Waals surface area contributed by atoms with Gasteiger partial charge in [0.1, 0.15) is 0 Å². The summed E-state index contributed by atoms with van der Waals surface area (Å²) in [6.45, 7) is 0.518. The van der Waals surface area contributed by atoms with E-state index >= 15 is 0 Å². The molecule has 2 rings (SSSR count). The molecule has 1 amide bonds.